The first kappa shape index (κ1) is 11.5. The normalized spacial score (nSPS) is 11.3. The lowest BCUT2D eigenvalue weighted by atomic mass is 10.1. The molecule has 2 rings (SSSR count). The van der Waals surface area contributed by atoms with Crippen LogP contribution in [-0.2, 0) is 0 Å². The molecule has 9 heteroatoms. The average molecular weight is 241 g/mol. The monoisotopic (exact) mass is 241 g/mol. The van der Waals surface area contributed by atoms with E-state index in [1.165, 1.54) is 6.20 Å². The Morgan fingerprint density at radius 2 is 1.61 bits per heavy atom. The molecule has 0 saturated heterocycles. The van der Waals surface area contributed by atoms with Crippen LogP contribution in [0.15, 0.2) is 61.6 Å². The molecule has 0 saturated carbocycles. The van der Waals surface area contributed by atoms with Gasteiger partial charge in [-0.2, -0.15) is 11.1 Å². The Morgan fingerprint density at radius 3 is 2.33 bits per heavy atom. The first-order valence-electron chi connectivity index (χ1n) is 4.79. The molecule has 0 bridgehead atoms. The number of pyridine rings is 1. The summed E-state index contributed by atoms with van der Waals surface area (Å²) in [5, 5.41) is 20.4. The van der Waals surface area contributed by atoms with Crippen LogP contribution in [0.1, 0.15) is 0 Å². The summed E-state index contributed by atoms with van der Waals surface area (Å²) in [7, 11) is 0. The van der Waals surface area contributed by atoms with Gasteiger partial charge in [-0.25, -0.2) is 0 Å². The molecule has 0 fully saturated rings. The van der Waals surface area contributed by atoms with Gasteiger partial charge in [-0.1, -0.05) is 12.1 Å². The van der Waals surface area contributed by atoms with Crippen molar-refractivity contribution in [3.05, 3.63) is 30.5 Å². The zero-order chi connectivity index (χ0) is 12.8. The third-order valence-electron chi connectivity index (χ3n) is 2.12. The topological polar surface area (TPSA) is 135 Å². The molecule has 2 aromatic rings. The van der Waals surface area contributed by atoms with Crippen molar-refractivity contribution < 1.29 is 0 Å². The lowest BCUT2D eigenvalue weighted by Gasteiger charge is -2.01. The van der Waals surface area contributed by atoms with E-state index in [-0.39, 0.29) is 0 Å². The van der Waals surface area contributed by atoms with E-state index in [4.69, 9.17) is 11.1 Å². The van der Waals surface area contributed by atoms with E-state index in [2.05, 4.69) is 36.1 Å². The van der Waals surface area contributed by atoms with Crippen molar-refractivity contribution >= 4 is 22.3 Å². The molecule has 1 heterocycles. The number of hydrogen-bond donors (Lipinski definition) is 2. The van der Waals surface area contributed by atoms with Crippen molar-refractivity contribution in [1.29, 1.82) is 11.1 Å². The van der Waals surface area contributed by atoms with Crippen LogP contribution in [-0.4, -0.2) is 4.98 Å². The summed E-state index contributed by atoms with van der Waals surface area (Å²) in [4.78, 5) is 4.17. The smallest absolute Gasteiger partial charge is 0.114 e. The summed E-state index contributed by atoms with van der Waals surface area (Å²) >= 11 is 0. The minimum absolute atomic E-state index is 0.475. The van der Waals surface area contributed by atoms with Crippen LogP contribution in [0.3, 0.4) is 0 Å². The zero-order valence-corrected chi connectivity index (χ0v) is 9.02. The van der Waals surface area contributed by atoms with E-state index in [0.717, 1.165) is 0 Å². The Labute approximate surface area is 101 Å². The SMILES string of the molecule is N=NN=Nc1ccnc2c(N=NN=N)cccc12. The van der Waals surface area contributed by atoms with Gasteiger partial charge < -0.3 is 0 Å². The Hall–Kier alpha value is -2.97. The van der Waals surface area contributed by atoms with Crippen LogP contribution in [0.4, 0.5) is 11.4 Å². The highest BCUT2D eigenvalue weighted by Crippen LogP contribution is 2.30. The summed E-state index contributed by atoms with van der Waals surface area (Å²) in [5.74, 6) is 0. The van der Waals surface area contributed by atoms with Crippen molar-refractivity contribution in [1.82, 2.24) is 4.98 Å². The molecule has 0 aliphatic heterocycles. The van der Waals surface area contributed by atoms with Gasteiger partial charge in [0.15, 0.2) is 0 Å². The van der Waals surface area contributed by atoms with Crippen LogP contribution < -0.4 is 0 Å². The molecule has 0 aliphatic rings. The highest BCUT2D eigenvalue weighted by Gasteiger charge is 2.05. The van der Waals surface area contributed by atoms with Gasteiger partial charge in [-0.05, 0) is 33.0 Å². The van der Waals surface area contributed by atoms with E-state index in [9.17, 15) is 0 Å². The van der Waals surface area contributed by atoms with Crippen molar-refractivity contribution in [2.75, 3.05) is 0 Å². The number of hydrogen-bond acceptors (Lipinski definition) is 5. The molecule has 18 heavy (non-hydrogen) atoms. The number of nitrogens with zero attached hydrogens (tertiary/aromatic N) is 7. The average Bonchev–Trinajstić information content (AvgIpc) is 2.42. The minimum atomic E-state index is 0.475. The molecule has 0 atom stereocenters. The van der Waals surface area contributed by atoms with Gasteiger partial charge in [0.2, 0.25) is 0 Å². The summed E-state index contributed by atoms with van der Waals surface area (Å²) in [6, 6.07) is 6.88. The fourth-order valence-corrected chi connectivity index (χ4v) is 1.45. The van der Waals surface area contributed by atoms with Gasteiger partial charge in [0, 0.05) is 11.6 Å². The zero-order valence-electron chi connectivity index (χ0n) is 9.02. The third kappa shape index (κ3) is 2.24. The van der Waals surface area contributed by atoms with Crippen molar-refractivity contribution in [2.45, 2.75) is 0 Å². The molecule has 2 N–H and O–H groups in total. The van der Waals surface area contributed by atoms with E-state index in [1.807, 2.05) is 0 Å². The molecular formula is C9H7N9. The Balaban J connectivity index is 2.64. The molecule has 0 radical (unpaired) electrons. The molecule has 0 spiro atoms. The van der Waals surface area contributed by atoms with E-state index >= 15 is 0 Å². The number of fused-ring (bicyclic) bond motifs is 1. The second kappa shape index (κ2) is 5.39. The van der Waals surface area contributed by atoms with Crippen molar-refractivity contribution in [2.24, 2.45) is 31.1 Å². The fourth-order valence-electron chi connectivity index (χ4n) is 1.45. The van der Waals surface area contributed by atoms with E-state index < -0.39 is 0 Å². The van der Waals surface area contributed by atoms with Crippen molar-refractivity contribution in [3.63, 3.8) is 0 Å². The first-order chi connectivity index (χ1) is 8.86. The van der Waals surface area contributed by atoms with Gasteiger partial charge in [-0.3, -0.25) is 4.98 Å². The number of rotatable bonds is 4. The molecule has 0 amide bonds. The lowest BCUT2D eigenvalue weighted by molar-refractivity contribution is 0.908. The highest BCUT2D eigenvalue weighted by molar-refractivity contribution is 5.96. The van der Waals surface area contributed by atoms with Gasteiger partial charge in [0.25, 0.3) is 0 Å². The number of benzene rings is 1. The Bertz CT molecular complexity index is 588. The number of nitrogens with one attached hydrogen (secondary N) is 2. The third-order valence-corrected chi connectivity index (χ3v) is 2.12. The molecular weight excluding hydrogens is 234 g/mol. The summed E-state index contributed by atoms with van der Waals surface area (Å²) in [6.45, 7) is 0. The maximum atomic E-state index is 6.58. The molecule has 1 aromatic carbocycles. The minimum Gasteiger partial charge on any atom is -0.254 e. The molecule has 9 nitrogen and oxygen atoms in total. The lowest BCUT2D eigenvalue weighted by Crippen LogP contribution is -1.79. The van der Waals surface area contributed by atoms with Crippen molar-refractivity contribution in [3.8, 4) is 0 Å². The van der Waals surface area contributed by atoms with Gasteiger partial charge in [0.05, 0.1) is 11.2 Å². The maximum Gasteiger partial charge on any atom is 0.114 e. The number of aromatic nitrogens is 1. The molecule has 1 aromatic heterocycles. The first-order valence-corrected chi connectivity index (χ1v) is 4.79. The fraction of sp³-hybridized carbons (Fsp3) is 0. The standard InChI is InChI=1S/C9H7N9/c10-15-17-13-7-4-5-12-9-6(7)2-1-3-8(9)14-18-16-11/h1-5,10-11H. The van der Waals surface area contributed by atoms with Crippen LogP contribution in [0.25, 0.3) is 10.9 Å². The van der Waals surface area contributed by atoms with Crippen LogP contribution in [0, 0.1) is 11.1 Å². The molecule has 88 valence electrons. The summed E-state index contributed by atoms with van der Waals surface area (Å²) < 4.78 is 0. The van der Waals surface area contributed by atoms with Gasteiger partial charge in [-0.15, -0.1) is 10.2 Å². The Kier molecular flexibility index (Phi) is 3.45. The van der Waals surface area contributed by atoms with E-state index in [1.54, 1.807) is 24.3 Å². The second-order valence-electron chi connectivity index (χ2n) is 3.08. The van der Waals surface area contributed by atoms with Crippen LogP contribution in [0.2, 0.25) is 0 Å². The van der Waals surface area contributed by atoms with Crippen LogP contribution >= 0.6 is 0 Å². The Morgan fingerprint density at radius 1 is 0.889 bits per heavy atom. The summed E-state index contributed by atoms with van der Waals surface area (Å²) in [5.41, 5.74) is 14.7. The number of para-hydroxylation sites is 1. The summed E-state index contributed by atoms with van der Waals surface area (Å²) in [6.07, 6.45) is 1.54. The largest absolute Gasteiger partial charge is 0.254 e. The highest BCUT2D eigenvalue weighted by atomic mass is 15.4. The van der Waals surface area contributed by atoms with E-state index in [0.29, 0.717) is 22.3 Å². The van der Waals surface area contributed by atoms with Gasteiger partial charge in [0.1, 0.15) is 5.69 Å². The predicted octanol–water partition coefficient (Wildman–Crippen LogP) is 4.29. The van der Waals surface area contributed by atoms with Gasteiger partial charge >= 0.3 is 0 Å². The maximum absolute atomic E-state index is 6.58. The second-order valence-corrected chi connectivity index (χ2v) is 3.08. The molecule has 0 unspecified atom stereocenters. The molecule has 0 aliphatic carbocycles. The van der Waals surface area contributed by atoms with Crippen LogP contribution in [0.5, 0.6) is 0 Å². The predicted molar refractivity (Wildman–Crippen MR) is 61.1 cm³/mol. The quantitative estimate of drug-likeness (QED) is 0.598.